The predicted molar refractivity (Wildman–Crippen MR) is 32.4 cm³/mol. The number of rotatable bonds is 3. The van der Waals surface area contributed by atoms with Gasteiger partial charge < -0.3 is 4.55 Å². The molecule has 1 aromatic rings. The lowest BCUT2D eigenvalue weighted by atomic mass is 10.8. The van der Waals surface area contributed by atoms with Gasteiger partial charge in [0.1, 0.15) is 6.33 Å². The van der Waals surface area contributed by atoms with Crippen LogP contribution in [0.3, 0.4) is 0 Å². The summed E-state index contributed by atoms with van der Waals surface area (Å²) in [6.07, 6.45) is 1.24. The predicted octanol–water partition coefficient (Wildman–Crippen LogP) is -1.78. The van der Waals surface area contributed by atoms with Crippen LogP contribution in [0.4, 0.5) is 0 Å². The lowest BCUT2D eigenvalue weighted by Crippen LogP contribution is -2.12. The van der Waals surface area contributed by atoms with Crippen molar-refractivity contribution in [2.45, 2.75) is 6.54 Å². The fraction of sp³-hybridized carbons (Fsp3) is 0.667. The number of hydrogen-bond donors (Lipinski definition) is 0. The maximum absolute atomic E-state index is 10.1. The van der Waals surface area contributed by atoms with Crippen LogP contribution in [-0.4, -0.2) is 38.9 Å². The summed E-state index contributed by atoms with van der Waals surface area (Å²) in [4.78, 5) is 0. The summed E-state index contributed by atoms with van der Waals surface area (Å²) in [7, 11) is -4.17. The summed E-state index contributed by atoms with van der Waals surface area (Å²) in [6.45, 7) is -0.00116. The highest BCUT2D eigenvalue weighted by Gasteiger charge is 1.96. The molecule has 0 amide bonds. The molecule has 1 rings (SSSR count). The molecule has 0 atom stereocenters. The van der Waals surface area contributed by atoms with Gasteiger partial charge in [-0.1, -0.05) is 0 Å². The Morgan fingerprint density at radius 3 is 2.73 bits per heavy atom. The van der Waals surface area contributed by atoms with Crippen molar-refractivity contribution in [3.63, 3.8) is 0 Å². The first kappa shape index (κ1) is 8.08. The van der Waals surface area contributed by atoms with Crippen LogP contribution in [0.2, 0.25) is 0 Å². The van der Waals surface area contributed by atoms with Gasteiger partial charge >= 0.3 is 0 Å². The molecule has 0 aliphatic carbocycles. The highest BCUT2D eigenvalue weighted by atomic mass is 32.2. The fourth-order valence-electron chi connectivity index (χ4n) is 0.488. The second-order valence-electron chi connectivity index (χ2n) is 1.83. The monoisotopic (exact) mass is 177 g/mol. The van der Waals surface area contributed by atoms with Crippen LogP contribution in [-0.2, 0) is 16.7 Å². The largest absolute Gasteiger partial charge is 0.748 e. The van der Waals surface area contributed by atoms with E-state index in [1.165, 1.54) is 11.0 Å². The average molecular weight is 177 g/mol. The lowest BCUT2D eigenvalue weighted by Gasteiger charge is -2.04. The van der Waals surface area contributed by atoms with Crippen molar-refractivity contribution >= 4 is 10.1 Å². The second kappa shape index (κ2) is 2.93. The zero-order valence-corrected chi connectivity index (χ0v) is 6.23. The minimum atomic E-state index is -4.17. The Morgan fingerprint density at radius 2 is 2.27 bits per heavy atom. The van der Waals surface area contributed by atoms with Gasteiger partial charge in [-0.15, -0.1) is 5.10 Å². The number of hydrogen-bond acceptors (Lipinski definition) is 6. The highest BCUT2D eigenvalue weighted by Crippen LogP contribution is 1.84. The van der Waals surface area contributed by atoms with E-state index in [0.717, 1.165) is 0 Å². The summed E-state index contributed by atoms with van der Waals surface area (Å²) in [5.74, 6) is -0.488. The zero-order chi connectivity index (χ0) is 8.32. The van der Waals surface area contributed by atoms with E-state index in [2.05, 4.69) is 15.5 Å². The number of nitrogens with zero attached hydrogens (tertiary/aromatic N) is 4. The van der Waals surface area contributed by atoms with Gasteiger partial charge in [0, 0.05) is 0 Å². The Bertz CT molecular complexity index is 303. The summed E-state index contributed by atoms with van der Waals surface area (Å²) in [5, 5.41) is 9.89. The lowest BCUT2D eigenvalue weighted by molar-refractivity contribution is 0.456. The minimum absolute atomic E-state index is 0.00116. The molecule has 0 fully saturated rings. The molecule has 0 saturated heterocycles. The molecule has 0 spiro atoms. The Kier molecular flexibility index (Phi) is 2.15. The molecule has 0 saturated carbocycles. The minimum Gasteiger partial charge on any atom is -0.748 e. The fourth-order valence-corrected chi connectivity index (χ4v) is 0.899. The molecule has 0 aliphatic heterocycles. The normalized spacial score (nSPS) is 11.7. The Labute approximate surface area is 62.8 Å². The standard InChI is InChI=1S/C3H6N4O3S/c8-11(9,10)2-1-7-3-4-5-6-7/h3H,1-2H2,(H,8,9,10)/p-1. The molecule has 1 aromatic heterocycles. The van der Waals surface area contributed by atoms with E-state index in [0.29, 0.717) is 0 Å². The molecule has 0 unspecified atom stereocenters. The van der Waals surface area contributed by atoms with Gasteiger partial charge in [-0.05, 0) is 10.4 Å². The first-order chi connectivity index (χ1) is 5.08. The molecule has 0 N–H and O–H groups in total. The summed E-state index contributed by atoms with van der Waals surface area (Å²) < 4.78 is 31.4. The van der Waals surface area contributed by atoms with Crippen LogP contribution in [0.1, 0.15) is 0 Å². The molecule has 62 valence electrons. The Balaban J connectivity index is 2.48. The smallest absolute Gasteiger partial charge is 0.138 e. The topological polar surface area (TPSA) is 101 Å². The molecule has 0 aliphatic rings. The van der Waals surface area contributed by atoms with Crippen molar-refractivity contribution in [1.82, 2.24) is 20.2 Å². The number of aryl methyl sites for hydroxylation is 1. The van der Waals surface area contributed by atoms with Crippen LogP contribution < -0.4 is 0 Å². The number of tetrazole rings is 1. The SMILES string of the molecule is O=S(=O)([O-])CCn1cnnn1. The van der Waals surface area contributed by atoms with Crippen molar-refractivity contribution in [3.05, 3.63) is 6.33 Å². The van der Waals surface area contributed by atoms with Crippen LogP contribution >= 0.6 is 0 Å². The third-order valence-electron chi connectivity index (χ3n) is 0.962. The number of aromatic nitrogens is 4. The van der Waals surface area contributed by atoms with Gasteiger partial charge in [-0.2, -0.15) is 0 Å². The Morgan fingerprint density at radius 1 is 1.55 bits per heavy atom. The summed E-state index contributed by atoms with van der Waals surface area (Å²) in [5.41, 5.74) is 0. The maximum Gasteiger partial charge on any atom is 0.138 e. The second-order valence-corrected chi connectivity index (χ2v) is 3.36. The van der Waals surface area contributed by atoms with Crippen molar-refractivity contribution < 1.29 is 13.0 Å². The summed E-state index contributed by atoms with van der Waals surface area (Å²) in [6, 6.07) is 0. The third kappa shape index (κ3) is 3.05. The molecular formula is C3H5N4O3S-. The Hall–Kier alpha value is -1.02. The quantitative estimate of drug-likeness (QED) is 0.506. The molecule has 0 aromatic carbocycles. The third-order valence-corrected chi connectivity index (χ3v) is 1.64. The van der Waals surface area contributed by atoms with Gasteiger partial charge in [-0.25, -0.2) is 13.1 Å². The molecular weight excluding hydrogens is 172 g/mol. The molecule has 7 nitrogen and oxygen atoms in total. The molecule has 8 heteroatoms. The van der Waals surface area contributed by atoms with Crippen molar-refractivity contribution in [2.24, 2.45) is 0 Å². The molecule has 11 heavy (non-hydrogen) atoms. The van der Waals surface area contributed by atoms with Crippen LogP contribution in [0.25, 0.3) is 0 Å². The average Bonchev–Trinajstić information content (AvgIpc) is 2.32. The van der Waals surface area contributed by atoms with E-state index in [-0.39, 0.29) is 6.54 Å². The van der Waals surface area contributed by atoms with Crippen LogP contribution in [0.15, 0.2) is 6.33 Å². The van der Waals surface area contributed by atoms with E-state index in [1.54, 1.807) is 0 Å². The molecule has 0 radical (unpaired) electrons. The maximum atomic E-state index is 10.1. The van der Waals surface area contributed by atoms with Crippen LogP contribution in [0, 0.1) is 0 Å². The van der Waals surface area contributed by atoms with Gasteiger partial charge in [0.2, 0.25) is 0 Å². The van der Waals surface area contributed by atoms with E-state index >= 15 is 0 Å². The van der Waals surface area contributed by atoms with Crippen molar-refractivity contribution in [3.8, 4) is 0 Å². The first-order valence-corrected chi connectivity index (χ1v) is 4.30. The highest BCUT2D eigenvalue weighted by molar-refractivity contribution is 7.85. The van der Waals surface area contributed by atoms with E-state index < -0.39 is 15.9 Å². The van der Waals surface area contributed by atoms with Gasteiger partial charge in [0.05, 0.1) is 22.4 Å². The first-order valence-electron chi connectivity index (χ1n) is 2.72. The molecule has 1 heterocycles. The van der Waals surface area contributed by atoms with Crippen molar-refractivity contribution in [2.75, 3.05) is 5.75 Å². The summed E-state index contributed by atoms with van der Waals surface area (Å²) >= 11 is 0. The molecule has 0 bridgehead atoms. The van der Waals surface area contributed by atoms with Crippen molar-refractivity contribution in [1.29, 1.82) is 0 Å². The van der Waals surface area contributed by atoms with E-state index in [4.69, 9.17) is 0 Å². The van der Waals surface area contributed by atoms with Gasteiger partial charge in [0.15, 0.2) is 0 Å². The zero-order valence-electron chi connectivity index (χ0n) is 5.41. The van der Waals surface area contributed by atoms with Gasteiger partial charge in [0.25, 0.3) is 0 Å². The van der Waals surface area contributed by atoms with Crippen LogP contribution in [0.5, 0.6) is 0 Å². The van der Waals surface area contributed by atoms with Gasteiger partial charge in [-0.3, -0.25) is 0 Å². The van der Waals surface area contributed by atoms with E-state index in [9.17, 15) is 13.0 Å². The van der Waals surface area contributed by atoms with E-state index in [1.807, 2.05) is 0 Å².